The highest BCUT2D eigenvalue weighted by Crippen LogP contribution is 2.12. The smallest absolute Gasteiger partial charge is 0.110 e. The highest BCUT2D eigenvalue weighted by atomic mass is 16.5. The van der Waals surface area contributed by atoms with Crippen molar-refractivity contribution in [1.82, 2.24) is 19.9 Å². The van der Waals surface area contributed by atoms with Gasteiger partial charge in [0.15, 0.2) is 0 Å². The molecule has 2 unspecified atom stereocenters. The first-order valence-corrected chi connectivity index (χ1v) is 7.58. The van der Waals surface area contributed by atoms with E-state index in [0.717, 1.165) is 51.5 Å². The van der Waals surface area contributed by atoms with Gasteiger partial charge in [0.25, 0.3) is 0 Å². The summed E-state index contributed by atoms with van der Waals surface area (Å²) < 4.78 is 8.09. The Bertz CT molecular complexity index is 395. The van der Waals surface area contributed by atoms with Gasteiger partial charge in [-0.15, -0.1) is 0 Å². The van der Waals surface area contributed by atoms with E-state index in [2.05, 4.69) is 33.7 Å². The van der Waals surface area contributed by atoms with Gasteiger partial charge in [-0.2, -0.15) is 0 Å². The van der Waals surface area contributed by atoms with Crippen molar-refractivity contribution < 1.29 is 4.74 Å². The molecule has 0 bridgehead atoms. The number of morpholine rings is 1. The van der Waals surface area contributed by atoms with Crippen LogP contribution in [0, 0.1) is 0 Å². The van der Waals surface area contributed by atoms with E-state index < -0.39 is 0 Å². The van der Waals surface area contributed by atoms with Crippen molar-refractivity contribution in [2.45, 2.75) is 45.4 Å². The molecule has 1 aliphatic rings. The summed E-state index contributed by atoms with van der Waals surface area (Å²) in [4.78, 5) is 6.85. The quantitative estimate of drug-likeness (QED) is 0.559. The number of aryl methyl sites for hydroxylation is 1. The maximum Gasteiger partial charge on any atom is 0.110 e. The molecule has 0 radical (unpaired) electrons. The van der Waals surface area contributed by atoms with Crippen molar-refractivity contribution in [2.24, 2.45) is 5.84 Å². The highest BCUT2D eigenvalue weighted by molar-refractivity contribution is 4.98. The van der Waals surface area contributed by atoms with Gasteiger partial charge in [0, 0.05) is 38.4 Å². The van der Waals surface area contributed by atoms with E-state index >= 15 is 0 Å². The van der Waals surface area contributed by atoms with Crippen LogP contribution in [0.25, 0.3) is 0 Å². The molecule has 20 heavy (non-hydrogen) atoms. The second-order valence-corrected chi connectivity index (χ2v) is 5.32. The summed E-state index contributed by atoms with van der Waals surface area (Å²) in [6.07, 6.45) is 5.92. The molecule has 0 spiro atoms. The number of likely N-dealkylation sites (N-methyl/N-ethyl adjacent to an activating group) is 1. The highest BCUT2D eigenvalue weighted by Gasteiger charge is 2.28. The second-order valence-electron chi connectivity index (χ2n) is 5.32. The molecule has 3 N–H and O–H groups in total. The predicted octanol–water partition coefficient (Wildman–Crippen LogP) is 0.388. The minimum absolute atomic E-state index is 0.0994. The number of aromatic nitrogens is 2. The van der Waals surface area contributed by atoms with Gasteiger partial charge in [-0.3, -0.25) is 16.2 Å². The third-order valence-corrected chi connectivity index (χ3v) is 3.96. The molecule has 6 nitrogen and oxygen atoms in total. The Morgan fingerprint density at radius 2 is 2.40 bits per heavy atom. The van der Waals surface area contributed by atoms with Crippen LogP contribution in [-0.4, -0.2) is 52.8 Å². The number of rotatable bonds is 7. The van der Waals surface area contributed by atoms with E-state index in [1.165, 1.54) is 0 Å². The second kappa shape index (κ2) is 7.73. The molecule has 1 aromatic heterocycles. The predicted molar refractivity (Wildman–Crippen MR) is 79.2 cm³/mol. The van der Waals surface area contributed by atoms with Crippen LogP contribution in [0.15, 0.2) is 12.4 Å². The van der Waals surface area contributed by atoms with Crippen LogP contribution in [-0.2, 0) is 17.7 Å². The van der Waals surface area contributed by atoms with E-state index in [4.69, 9.17) is 10.6 Å². The molecule has 1 aromatic rings. The number of hydrazine groups is 1. The average Bonchev–Trinajstić information content (AvgIpc) is 2.92. The maximum atomic E-state index is 5.89. The van der Waals surface area contributed by atoms with Crippen molar-refractivity contribution in [3.05, 3.63) is 18.2 Å². The number of nitrogens with zero attached hydrogens (tertiary/aromatic N) is 3. The van der Waals surface area contributed by atoms with Gasteiger partial charge < -0.3 is 9.30 Å². The lowest BCUT2D eigenvalue weighted by Crippen LogP contribution is -2.55. The zero-order valence-corrected chi connectivity index (χ0v) is 12.6. The summed E-state index contributed by atoms with van der Waals surface area (Å²) in [6, 6.07) is 0.0994. The third kappa shape index (κ3) is 3.79. The Labute approximate surface area is 121 Å². The Morgan fingerprint density at radius 3 is 3.10 bits per heavy atom. The molecule has 2 heterocycles. The van der Waals surface area contributed by atoms with Crippen molar-refractivity contribution in [3.8, 4) is 0 Å². The van der Waals surface area contributed by atoms with Crippen LogP contribution >= 0.6 is 0 Å². The zero-order valence-electron chi connectivity index (χ0n) is 12.6. The molecule has 0 aliphatic carbocycles. The SMILES string of the molecule is CCCn1ccnc1CC(NN)C1CN(CC)CCO1. The first-order valence-electron chi connectivity index (χ1n) is 7.58. The minimum Gasteiger partial charge on any atom is -0.374 e. The summed E-state index contributed by atoms with van der Waals surface area (Å²) in [7, 11) is 0. The molecule has 114 valence electrons. The normalized spacial score (nSPS) is 22.1. The lowest BCUT2D eigenvalue weighted by molar-refractivity contribution is -0.0451. The van der Waals surface area contributed by atoms with Crippen LogP contribution in [0.1, 0.15) is 26.1 Å². The van der Waals surface area contributed by atoms with Crippen molar-refractivity contribution >= 4 is 0 Å². The molecule has 1 saturated heterocycles. The van der Waals surface area contributed by atoms with Crippen molar-refractivity contribution in [2.75, 3.05) is 26.2 Å². The number of nitrogens with one attached hydrogen (secondary N) is 1. The molecular formula is C14H27N5O. The Morgan fingerprint density at radius 1 is 1.55 bits per heavy atom. The first-order chi connectivity index (χ1) is 9.78. The average molecular weight is 281 g/mol. The summed E-state index contributed by atoms with van der Waals surface area (Å²) >= 11 is 0. The van der Waals surface area contributed by atoms with E-state index in [1.807, 2.05) is 12.4 Å². The van der Waals surface area contributed by atoms with E-state index in [-0.39, 0.29) is 12.1 Å². The number of nitrogens with two attached hydrogens (primary N) is 1. The topological polar surface area (TPSA) is 68.3 Å². The van der Waals surface area contributed by atoms with Crippen LogP contribution in [0.3, 0.4) is 0 Å². The molecule has 6 heteroatoms. The van der Waals surface area contributed by atoms with Gasteiger partial charge in [0.1, 0.15) is 5.82 Å². The van der Waals surface area contributed by atoms with E-state index in [9.17, 15) is 0 Å². The number of ether oxygens (including phenoxy) is 1. The molecule has 2 atom stereocenters. The molecule has 0 amide bonds. The van der Waals surface area contributed by atoms with Crippen LogP contribution in [0.5, 0.6) is 0 Å². The fourth-order valence-corrected chi connectivity index (χ4v) is 2.73. The largest absolute Gasteiger partial charge is 0.374 e. The fraction of sp³-hybridized carbons (Fsp3) is 0.786. The standard InChI is InChI=1S/C14H27N5O/c1-3-6-19-7-5-16-14(19)10-12(17-15)13-11-18(4-2)8-9-20-13/h5,7,12-13,17H,3-4,6,8-11,15H2,1-2H3. The molecule has 1 aliphatic heterocycles. The van der Waals surface area contributed by atoms with Crippen molar-refractivity contribution in [1.29, 1.82) is 0 Å². The fourth-order valence-electron chi connectivity index (χ4n) is 2.73. The molecule has 0 aromatic carbocycles. The van der Waals surface area contributed by atoms with Gasteiger partial charge in [0.05, 0.1) is 18.8 Å². The zero-order chi connectivity index (χ0) is 14.4. The number of imidazole rings is 1. The summed E-state index contributed by atoms with van der Waals surface area (Å²) in [5.74, 6) is 6.82. The molecule has 2 rings (SSSR count). The van der Waals surface area contributed by atoms with Gasteiger partial charge in [-0.25, -0.2) is 4.98 Å². The Hall–Kier alpha value is -0.950. The van der Waals surface area contributed by atoms with Gasteiger partial charge in [0.2, 0.25) is 0 Å². The molecule has 0 saturated carbocycles. The Kier molecular flexibility index (Phi) is 5.97. The lowest BCUT2D eigenvalue weighted by atomic mass is 10.1. The maximum absolute atomic E-state index is 5.89. The summed E-state index contributed by atoms with van der Waals surface area (Å²) in [5, 5.41) is 0. The van der Waals surface area contributed by atoms with Gasteiger partial charge >= 0.3 is 0 Å². The van der Waals surface area contributed by atoms with Gasteiger partial charge in [-0.05, 0) is 13.0 Å². The first kappa shape index (κ1) is 15.4. The summed E-state index contributed by atoms with van der Waals surface area (Å²) in [6.45, 7) is 9.13. The van der Waals surface area contributed by atoms with Gasteiger partial charge in [-0.1, -0.05) is 13.8 Å². The minimum atomic E-state index is 0.0994. The lowest BCUT2D eigenvalue weighted by Gasteiger charge is -2.36. The van der Waals surface area contributed by atoms with Crippen LogP contribution in [0.2, 0.25) is 0 Å². The van der Waals surface area contributed by atoms with E-state index in [0.29, 0.717) is 0 Å². The molecular weight excluding hydrogens is 254 g/mol. The van der Waals surface area contributed by atoms with E-state index in [1.54, 1.807) is 0 Å². The third-order valence-electron chi connectivity index (χ3n) is 3.96. The monoisotopic (exact) mass is 281 g/mol. The van der Waals surface area contributed by atoms with Crippen LogP contribution in [0.4, 0.5) is 0 Å². The number of hydrogen-bond donors (Lipinski definition) is 2. The van der Waals surface area contributed by atoms with Crippen LogP contribution < -0.4 is 11.3 Å². The Balaban J connectivity index is 1.99. The molecule has 1 fully saturated rings. The van der Waals surface area contributed by atoms with Crippen molar-refractivity contribution in [3.63, 3.8) is 0 Å². The summed E-state index contributed by atoms with van der Waals surface area (Å²) in [5.41, 5.74) is 2.92. The number of hydrogen-bond acceptors (Lipinski definition) is 5.